The number of alkyl halides is 3. The molecular formula is C16H20F3N3O3. The third-order valence-electron chi connectivity index (χ3n) is 4.14. The lowest BCUT2D eigenvalue weighted by Gasteiger charge is -2.35. The molecule has 1 aromatic rings. The summed E-state index contributed by atoms with van der Waals surface area (Å²) in [6, 6.07) is 2.85. The molecule has 1 amide bonds. The Morgan fingerprint density at radius 3 is 2.64 bits per heavy atom. The molecule has 0 aromatic heterocycles. The topological polar surface area (TPSA) is 75.5 Å². The first-order valence-electron chi connectivity index (χ1n) is 8.00. The molecule has 1 saturated heterocycles. The quantitative estimate of drug-likeness (QED) is 0.661. The summed E-state index contributed by atoms with van der Waals surface area (Å²) in [7, 11) is 0. The summed E-state index contributed by atoms with van der Waals surface area (Å²) in [6.07, 6.45) is -3.35. The van der Waals surface area contributed by atoms with Crippen molar-refractivity contribution in [1.29, 1.82) is 0 Å². The number of anilines is 1. The average Bonchev–Trinajstić information content (AvgIpc) is 2.53. The molecule has 6 nitrogen and oxygen atoms in total. The number of nitrogens with zero attached hydrogens (tertiary/aromatic N) is 2. The summed E-state index contributed by atoms with van der Waals surface area (Å²) in [5, 5.41) is 13.7. The van der Waals surface area contributed by atoms with Crippen LogP contribution in [0, 0.1) is 16.0 Å². The first kappa shape index (κ1) is 19.0. The van der Waals surface area contributed by atoms with Gasteiger partial charge >= 0.3 is 6.18 Å². The normalized spacial score (nSPS) is 18.3. The van der Waals surface area contributed by atoms with E-state index in [1.807, 2.05) is 0 Å². The number of rotatable bonds is 4. The third-order valence-corrected chi connectivity index (χ3v) is 4.14. The molecule has 1 N–H and O–H groups in total. The van der Waals surface area contributed by atoms with E-state index < -0.39 is 22.4 Å². The number of amides is 1. The van der Waals surface area contributed by atoms with Crippen molar-refractivity contribution in [2.45, 2.75) is 38.9 Å². The lowest BCUT2D eigenvalue weighted by Crippen LogP contribution is -2.48. The van der Waals surface area contributed by atoms with Crippen molar-refractivity contribution in [3.05, 3.63) is 33.9 Å². The maximum Gasteiger partial charge on any atom is 0.423 e. The molecule has 1 heterocycles. The van der Waals surface area contributed by atoms with Gasteiger partial charge in [0.05, 0.1) is 4.92 Å². The molecule has 25 heavy (non-hydrogen) atoms. The first-order chi connectivity index (χ1) is 11.6. The minimum atomic E-state index is -4.81. The second-order valence-electron chi connectivity index (χ2n) is 6.40. The molecule has 1 aliphatic rings. The second-order valence-corrected chi connectivity index (χ2v) is 6.40. The number of piperidine rings is 1. The summed E-state index contributed by atoms with van der Waals surface area (Å²) in [4.78, 5) is 23.3. The third kappa shape index (κ3) is 4.61. The Balaban J connectivity index is 2.23. The van der Waals surface area contributed by atoms with Crippen LogP contribution in [0.5, 0.6) is 0 Å². The van der Waals surface area contributed by atoms with E-state index in [1.54, 1.807) is 18.7 Å². The van der Waals surface area contributed by atoms with Crippen LogP contribution in [0.15, 0.2) is 18.2 Å². The monoisotopic (exact) mass is 359 g/mol. The number of carbonyl (C=O) groups is 1. The van der Waals surface area contributed by atoms with Gasteiger partial charge in [-0.2, -0.15) is 13.2 Å². The fourth-order valence-corrected chi connectivity index (χ4v) is 2.80. The fourth-order valence-electron chi connectivity index (χ4n) is 2.80. The van der Waals surface area contributed by atoms with Crippen molar-refractivity contribution in [2.24, 2.45) is 5.92 Å². The lowest BCUT2D eigenvalue weighted by molar-refractivity contribution is -0.388. The molecule has 0 saturated carbocycles. The molecule has 1 aromatic carbocycles. The van der Waals surface area contributed by atoms with E-state index in [1.165, 1.54) is 6.07 Å². The number of benzene rings is 1. The Labute approximate surface area is 143 Å². The molecule has 1 unspecified atom stereocenters. The Bertz CT molecular complexity index is 662. The number of carbonyl (C=O) groups excluding carboxylic acids is 1. The highest BCUT2D eigenvalue weighted by molar-refractivity contribution is 5.78. The van der Waals surface area contributed by atoms with Crippen LogP contribution in [0.3, 0.4) is 0 Å². The zero-order valence-electron chi connectivity index (χ0n) is 14.0. The van der Waals surface area contributed by atoms with Gasteiger partial charge in [-0.15, -0.1) is 0 Å². The van der Waals surface area contributed by atoms with E-state index in [0.29, 0.717) is 19.5 Å². The molecule has 138 valence electrons. The Morgan fingerprint density at radius 1 is 1.40 bits per heavy atom. The number of nitro benzene ring substituents is 1. The summed E-state index contributed by atoms with van der Waals surface area (Å²) in [6.45, 7) is 4.43. The van der Waals surface area contributed by atoms with Crippen LogP contribution < -0.4 is 10.2 Å². The number of nitro groups is 1. The van der Waals surface area contributed by atoms with Gasteiger partial charge in [-0.25, -0.2) is 0 Å². The highest BCUT2D eigenvalue weighted by Gasteiger charge is 2.39. The summed E-state index contributed by atoms with van der Waals surface area (Å²) < 4.78 is 39.3. The molecule has 0 bridgehead atoms. The second kappa shape index (κ2) is 7.28. The van der Waals surface area contributed by atoms with E-state index in [0.717, 1.165) is 18.6 Å². The highest BCUT2D eigenvalue weighted by atomic mass is 19.4. The van der Waals surface area contributed by atoms with Gasteiger partial charge in [-0.1, -0.05) is 13.8 Å². The Hall–Kier alpha value is -2.32. The number of hydrogen-bond acceptors (Lipinski definition) is 4. The predicted molar refractivity (Wildman–Crippen MR) is 86.3 cm³/mol. The van der Waals surface area contributed by atoms with Crippen LogP contribution in [0.2, 0.25) is 0 Å². The van der Waals surface area contributed by atoms with E-state index in [9.17, 15) is 28.1 Å². The van der Waals surface area contributed by atoms with Gasteiger partial charge in [-0.05, 0) is 25.0 Å². The smallest absolute Gasteiger partial charge is 0.369 e. The van der Waals surface area contributed by atoms with Gasteiger partial charge in [0, 0.05) is 36.8 Å². The van der Waals surface area contributed by atoms with Gasteiger partial charge in [0.2, 0.25) is 5.91 Å². The standard InChI is InChI=1S/C16H20F3N3O3/c1-10(2)15(23)20-11-4-3-7-21(9-11)12-5-6-14(22(24)25)13(8-12)16(17,18)19/h5-6,8,10-11H,3-4,7,9H2,1-2H3,(H,20,23). The van der Waals surface area contributed by atoms with Crippen molar-refractivity contribution in [2.75, 3.05) is 18.0 Å². The molecule has 1 aliphatic heterocycles. The maximum absolute atomic E-state index is 13.1. The van der Waals surface area contributed by atoms with E-state index in [4.69, 9.17) is 0 Å². The van der Waals surface area contributed by atoms with E-state index in [-0.39, 0.29) is 23.6 Å². The number of halogens is 3. The van der Waals surface area contributed by atoms with Crippen molar-refractivity contribution in [3.8, 4) is 0 Å². The SMILES string of the molecule is CC(C)C(=O)NC1CCCN(c2ccc([N+](=O)[O-])c(C(F)(F)F)c2)C1. The minimum Gasteiger partial charge on any atom is -0.369 e. The molecule has 0 aliphatic carbocycles. The van der Waals surface area contributed by atoms with Crippen LogP contribution in [0.1, 0.15) is 32.3 Å². The zero-order chi connectivity index (χ0) is 18.8. The number of nitrogens with one attached hydrogen (secondary N) is 1. The van der Waals surface area contributed by atoms with Crippen molar-refractivity contribution in [3.63, 3.8) is 0 Å². The summed E-state index contributed by atoms with van der Waals surface area (Å²) >= 11 is 0. The lowest BCUT2D eigenvalue weighted by atomic mass is 10.0. The van der Waals surface area contributed by atoms with Gasteiger partial charge < -0.3 is 10.2 Å². The van der Waals surface area contributed by atoms with Crippen LogP contribution in [0.4, 0.5) is 24.5 Å². The van der Waals surface area contributed by atoms with Crippen molar-refractivity contribution < 1.29 is 22.9 Å². The van der Waals surface area contributed by atoms with Crippen LogP contribution in [0.25, 0.3) is 0 Å². The maximum atomic E-state index is 13.1. The van der Waals surface area contributed by atoms with E-state index >= 15 is 0 Å². The van der Waals surface area contributed by atoms with Gasteiger partial charge in [0.1, 0.15) is 5.56 Å². The van der Waals surface area contributed by atoms with Crippen molar-refractivity contribution in [1.82, 2.24) is 5.32 Å². The fraction of sp³-hybridized carbons (Fsp3) is 0.562. The summed E-state index contributed by atoms with van der Waals surface area (Å²) in [5.74, 6) is -0.280. The van der Waals surface area contributed by atoms with Crippen LogP contribution >= 0.6 is 0 Å². The number of hydrogen-bond donors (Lipinski definition) is 1. The largest absolute Gasteiger partial charge is 0.423 e. The molecule has 1 fully saturated rings. The molecule has 1 atom stereocenters. The average molecular weight is 359 g/mol. The first-order valence-corrected chi connectivity index (χ1v) is 8.00. The van der Waals surface area contributed by atoms with Crippen LogP contribution in [-0.2, 0) is 11.0 Å². The molecule has 2 rings (SSSR count). The molecule has 0 spiro atoms. The van der Waals surface area contributed by atoms with Gasteiger partial charge in [0.15, 0.2) is 0 Å². The van der Waals surface area contributed by atoms with Crippen molar-refractivity contribution >= 4 is 17.3 Å². The summed E-state index contributed by atoms with van der Waals surface area (Å²) in [5.41, 5.74) is -1.96. The van der Waals surface area contributed by atoms with Gasteiger partial charge in [-0.3, -0.25) is 14.9 Å². The van der Waals surface area contributed by atoms with Crippen LogP contribution in [-0.4, -0.2) is 30.0 Å². The predicted octanol–water partition coefficient (Wildman–Crippen LogP) is 3.35. The zero-order valence-corrected chi connectivity index (χ0v) is 14.0. The molecular weight excluding hydrogens is 339 g/mol. The molecule has 9 heteroatoms. The Morgan fingerprint density at radius 2 is 2.08 bits per heavy atom. The molecule has 0 radical (unpaired) electrons. The van der Waals surface area contributed by atoms with E-state index in [2.05, 4.69) is 5.32 Å². The van der Waals surface area contributed by atoms with Gasteiger partial charge in [0.25, 0.3) is 5.69 Å². The minimum absolute atomic E-state index is 0.105. The Kier molecular flexibility index (Phi) is 5.54. The highest BCUT2D eigenvalue weighted by Crippen LogP contribution is 2.38.